The lowest BCUT2D eigenvalue weighted by Crippen LogP contribution is -1.96. The molecule has 1 heterocycles. The number of nitro benzene ring substituents is 1. The highest BCUT2D eigenvalue weighted by Gasteiger charge is 2.08. The Bertz CT molecular complexity index is 511. The number of hydrogen-bond acceptors (Lipinski definition) is 4. The largest absolute Gasteiger partial charge is 0.384 e. The van der Waals surface area contributed by atoms with Crippen molar-refractivity contribution in [1.29, 1.82) is 0 Å². The Kier molecular flexibility index (Phi) is 2.32. The summed E-state index contributed by atoms with van der Waals surface area (Å²) in [5.41, 5.74) is 7.22. The van der Waals surface area contributed by atoms with Gasteiger partial charge in [-0.05, 0) is 12.1 Å². The van der Waals surface area contributed by atoms with Crippen molar-refractivity contribution in [3.8, 4) is 11.3 Å². The van der Waals surface area contributed by atoms with E-state index in [4.69, 9.17) is 5.73 Å². The third-order valence-electron chi connectivity index (χ3n) is 2.29. The number of nitro groups is 1. The minimum absolute atomic E-state index is 0.0626. The van der Waals surface area contributed by atoms with Gasteiger partial charge in [-0.2, -0.15) is 5.10 Å². The maximum Gasteiger partial charge on any atom is 0.269 e. The Morgan fingerprint density at radius 1 is 1.38 bits per heavy atom. The fourth-order valence-corrected chi connectivity index (χ4v) is 1.38. The first kappa shape index (κ1) is 10.2. The predicted octanol–water partition coefficient (Wildman–Crippen LogP) is 1.58. The van der Waals surface area contributed by atoms with Crippen molar-refractivity contribution in [2.45, 2.75) is 0 Å². The number of nitrogen functional groups attached to an aromatic ring is 1. The fourth-order valence-electron chi connectivity index (χ4n) is 1.38. The highest BCUT2D eigenvalue weighted by Crippen LogP contribution is 2.22. The molecule has 82 valence electrons. The number of nitrogens with zero attached hydrogens (tertiary/aromatic N) is 3. The molecule has 6 heteroatoms. The van der Waals surface area contributed by atoms with Crippen molar-refractivity contribution in [1.82, 2.24) is 9.78 Å². The molecule has 0 bridgehead atoms. The monoisotopic (exact) mass is 218 g/mol. The average molecular weight is 218 g/mol. The third kappa shape index (κ3) is 1.72. The van der Waals surface area contributed by atoms with Gasteiger partial charge < -0.3 is 5.73 Å². The summed E-state index contributed by atoms with van der Waals surface area (Å²) in [6.07, 6.45) is 0. The van der Waals surface area contributed by atoms with Crippen molar-refractivity contribution in [3.63, 3.8) is 0 Å². The predicted molar refractivity (Wildman–Crippen MR) is 59.7 cm³/mol. The zero-order chi connectivity index (χ0) is 11.7. The van der Waals surface area contributed by atoms with Crippen LogP contribution in [0.3, 0.4) is 0 Å². The SMILES string of the molecule is Cn1nc(-c2ccc([N+](=O)[O-])cc2)cc1N. The van der Waals surface area contributed by atoms with Crippen LogP contribution in [-0.4, -0.2) is 14.7 Å². The lowest BCUT2D eigenvalue weighted by molar-refractivity contribution is -0.384. The quantitative estimate of drug-likeness (QED) is 0.612. The van der Waals surface area contributed by atoms with Gasteiger partial charge in [0, 0.05) is 30.8 Å². The van der Waals surface area contributed by atoms with Crippen LogP contribution in [0.25, 0.3) is 11.3 Å². The second-order valence-electron chi connectivity index (χ2n) is 3.38. The van der Waals surface area contributed by atoms with E-state index in [0.717, 1.165) is 5.56 Å². The van der Waals surface area contributed by atoms with Crippen LogP contribution in [-0.2, 0) is 7.05 Å². The highest BCUT2D eigenvalue weighted by atomic mass is 16.6. The van der Waals surface area contributed by atoms with E-state index >= 15 is 0 Å². The first-order chi connectivity index (χ1) is 7.58. The van der Waals surface area contributed by atoms with Crippen LogP contribution < -0.4 is 5.73 Å². The van der Waals surface area contributed by atoms with Gasteiger partial charge in [0.1, 0.15) is 5.82 Å². The molecule has 6 nitrogen and oxygen atoms in total. The Morgan fingerprint density at radius 3 is 2.44 bits per heavy atom. The molecule has 1 aromatic heterocycles. The summed E-state index contributed by atoms with van der Waals surface area (Å²) in [4.78, 5) is 10.0. The summed E-state index contributed by atoms with van der Waals surface area (Å²) >= 11 is 0. The van der Waals surface area contributed by atoms with Crippen LogP contribution in [0, 0.1) is 10.1 Å². The highest BCUT2D eigenvalue weighted by molar-refractivity contribution is 5.63. The second kappa shape index (κ2) is 3.65. The van der Waals surface area contributed by atoms with Crippen LogP contribution in [0.1, 0.15) is 0 Å². The Morgan fingerprint density at radius 2 is 2.00 bits per heavy atom. The van der Waals surface area contributed by atoms with Gasteiger partial charge in [-0.1, -0.05) is 0 Å². The van der Waals surface area contributed by atoms with Gasteiger partial charge in [0.2, 0.25) is 0 Å². The smallest absolute Gasteiger partial charge is 0.269 e. The first-order valence-corrected chi connectivity index (χ1v) is 4.62. The zero-order valence-corrected chi connectivity index (χ0v) is 8.62. The van der Waals surface area contributed by atoms with E-state index in [0.29, 0.717) is 11.5 Å². The molecule has 2 rings (SSSR count). The third-order valence-corrected chi connectivity index (χ3v) is 2.29. The molecule has 0 spiro atoms. The maximum atomic E-state index is 10.5. The van der Waals surface area contributed by atoms with Crippen LogP contribution in [0.15, 0.2) is 30.3 Å². The van der Waals surface area contributed by atoms with Crippen LogP contribution in [0.2, 0.25) is 0 Å². The average Bonchev–Trinajstić information content (AvgIpc) is 2.59. The van der Waals surface area contributed by atoms with Gasteiger partial charge in [0.15, 0.2) is 0 Å². The minimum Gasteiger partial charge on any atom is -0.384 e. The number of benzene rings is 1. The summed E-state index contributed by atoms with van der Waals surface area (Å²) in [5, 5.41) is 14.6. The molecular weight excluding hydrogens is 208 g/mol. The second-order valence-corrected chi connectivity index (χ2v) is 3.38. The molecule has 2 aromatic rings. The lowest BCUT2D eigenvalue weighted by Gasteiger charge is -1.95. The normalized spacial score (nSPS) is 10.3. The Labute approximate surface area is 91.5 Å². The van der Waals surface area contributed by atoms with Gasteiger partial charge in [-0.25, -0.2) is 0 Å². The molecule has 0 radical (unpaired) electrons. The number of aromatic nitrogens is 2. The molecule has 0 amide bonds. The van der Waals surface area contributed by atoms with Gasteiger partial charge in [0.25, 0.3) is 5.69 Å². The molecule has 0 saturated carbocycles. The molecule has 0 unspecified atom stereocenters. The molecule has 0 saturated heterocycles. The molecule has 0 atom stereocenters. The molecule has 0 aliphatic heterocycles. The Hall–Kier alpha value is -2.37. The van der Waals surface area contributed by atoms with Crippen molar-refractivity contribution in [3.05, 3.63) is 40.4 Å². The minimum atomic E-state index is -0.434. The number of anilines is 1. The maximum absolute atomic E-state index is 10.5. The molecule has 16 heavy (non-hydrogen) atoms. The molecule has 2 N–H and O–H groups in total. The number of aryl methyl sites for hydroxylation is 1. The number of nitrogens with two attached hydrogens (primary N) is 1. The van der Waals surface area contributed by atoms with E-state index in [2.05, 4.69) is 5.10 Å². The van der Waals surface area contributed by atoms with Crippen LogP contribution >= 0.6 is 0 Å². The fraction of sp³-hybridized carbons (Fsp3) is 0.100. The Balaban J connectivity index is 2.38. The number of rotatable bonds is 2. The summed E-state index contributed by atoms with van der Waals surface area (Å²) in [7, 11) is 1.74. The molecule has 0 aliphatic rings. The van der Waals surface area contributed by atoms with E-state index < -0.39 is 4.92 Å². The molecule has 1 aromatic carbocycles. The van der Waals surface area contributed by atoms with Crippen molar-refractivity contribution < 1.29 is 4.92 Å². The van der Waals surface area contributed by atoms with Gasteiger partial charge in [-0.15, -0.1) is 0 Å². The van der Waals surface area contributed by atoms with Gasteiger partial charge in [0.05, 0.1) is 10.6 Å². The van der Waals surface area contributed by atoms with Crippen molar-refractivity contribution in [2.75, 3.05) is 5.73 Å². The first-order valence-electron chi connectivity index (χ1n) is 4.62. The lowest BCUT2D eigenvalue weighted by atomic mass is 10.1. The van der Waals surface area contributed by atoms with Gasteiger partial charge in [-0.3, -0.25) is 14.8 Å². The standard InChI is InChI=1S/C10H10N4O2/c1-13-10(11)6-9(12-13)7-2-4-8(5-3-7)14(15)16/h2-6H,11H2,1H3. The number of non-ortho nitro benzene ring substituents is 1. The molecule has 0 aliphatic carbocycles. The molecule has 0 fully saturated rings. The van der Waals surface area contributed by atoms with E-state index in [1.807, 2.05) is 0 Å². The van der Waals surface area contributed by atoms with E-state index in [1.165, 1.54) is 12.1 Å². The van der Waals surface area contributed by atoms with Gasteiger partial charge >= 0.3 is 0 Å². The van der Waals surface area contributed by atoms with E-state index in [-0.39, 0.29) is 5.69 Å². The summed E-state index contributed by atoms with van der Waals surface area (Å²) < 4.78 is 1.55. The summed E-state index contributed by atoms with van der Waals surface area (Å²) in [5.74, 6) is 0.549. The van der Waals surface area contributed by atoms with E-state index in [9.17, 15) is 10.1 Å². The van der Waals surface area contributed by atoms with Crippen LogP contribution in [0.4, 0.5) is 11.5 Å². The van der Waals surface area contributed by atoms with E-state index in [1.54, 1.807) is 29.9 Å². The van der Waals surface area contributed by atoms with Crippen molar-refractivity contribution >= 4 is 11.5 Å². The number of hydrogen-bond donors (Lipinski definition) is 1. The van der Waals surface area contributed by atoms with Crippen LogP contribution in [0.5, 0.6) is 0 Å². The van der Waals surface area contributed by atoms with Crippen molar-refractivity contribution in [2.24, 2.45) is 7.05 Å². The summed E-state index contributed by atoms with van der Waals surface area (Å²) in [6, 6.07) is 7.92. The zero-order valence-electron chi connectivity index (χ0n) is 8.62. The molecular formula is C10H10N4O2. The topological polar surface area (TPSA) is 87.0 Å². The summed E-state index contributed by atoms with van der Waals surface area (Å²) in [6.45, 7) is 0.